The zero-order valence-corrected chi connectivity index (χ0v) is 22.9. The lowest BCUT2D eigenvalue weighted by Gasteiger charge is -2.46. The van der Waals surface area contributed by atoms with Gasteiger partial charge in [0.25, 0.3) is 0 Å². The highest BCUT2D eigenvalue weighted by Gasteiger charge is 2.53. The number of hydrogen-bond acceptors (Lipinski definition) is 0. The van der Waals surface area contributed by atoms with Gasteiger partial charge in [0.15, 0.2) is 0 Å². The third kappa shape index (κ3) is 4.82. The first-order valence-corrected chi connectivity index (χ1v) is 15.7. The fraction of sp³-hybridized carbons (Fsp3) is 0.333. The molecular weight excluding hydrogens is 463 g/mol. The van der Waals surface area contributed by atoms with Gasteiger partial charge in [-0.25, -0.2) is 0 Å². The van der Waals surface area contributed by atoms with E-state index in [1.165, 1.54) is 49.7 Å². The summed E-state index contributed by atoms with van der Waals surface area (Å²) < 4.78 is 0. The smallest absolute Gasteiger partial charge is 0.0120 e. The summed E-state index contributed by atoms with van der Waals surface area (Å²) in [6.07, 6.45) is 8.17. The zero-order chi connectivity index (χ0) is 25.1. The fourth-order valence-electron chi connectivity index (χ4n) is 7.93. The van der Waals surface area contributed by atoms with Gasteiger partial charge in [-0.05, 0) is 78.3 Å². The molecule has 4 aromatic carbocycles. The average Bonchev–Trinajstić information content (AvgIpc) is 3.60. The molecule has 2 saturated carbocycles. The molecule has 2 aliphatic carbocycles. The van der Waals surface area contributed by atoms with Crippen molar-refractivity contribution in [3.8, 4) is 0 Å². The molecule has 1 heteroatoms. The Labute approximate surface area is 224 Å². The summed E-state index contributed by atoms with van der Waals surface area (Å²) in [6, 6.07) is 45.7. The minimum Gasteiger partial charge on any atom is -0.0622 e. The highest BCUT2D eigenvalue weighted by molar-refractivity contribution is 7.73. The van der Waals surface area contributed by atoms with Gasteiger partial charge in [0.2, 0.25) is 0 Å². The van der Waals surface area contributed by atoms with Gasteiger partial charge in [-0.2, -0.15) is 0 Å². The molecule has 2 aliphatic rings. The first-order chi connectivity index (χ1) is 18.3. The lowest BCUT2D eigenvalue weighted by Crippen LogP contribution is -2.40. The van der Waals surface area contributed by atoms with Crippen molar-refractivity contribution in [2.45, 2.75) is 57.0 Å². The normalized spacial score (nSPS) is 25.6. The van der Waals surface area contributed by atoms with Crippen LogP contribution in [0.15, 0.2) is 121 Å². The maximum absolute atomic E-state index is 2.70. The first kappa shape index (κ1) is 24.6. The van der Waals surface area contributed by atoms with Crippen molar-refractivity contribution < 1.29 is 0 Å². The number of benzene rings is 4. The summed E-state index contributed by atoms with van der Waals surface area (Å²) in [5.41, 5.74) is 4.08. The molecule has 0 nitrogen and oxygen atoms in total. The van der Waals surface area contributed by atoms with Crippen LogP contribution in [0.25, 0.3) is 0 Å². The maximum Gasteiger partial charge on any atom is 0.0120 e. The Morgan fingerprint density at radius 2 is 1.08 bits per heavy atom. The van der Waals surface area contributed by atoms with Crippen LogP contribution < -0.4 is 10.6 Å². The van der Waals surface area contributed by atoms with Gasteiger partial charge in [-0.1, -0.05) is 141 Å². The van der Waals surface area contributed by atoms with Crippen LogP contribution in [0, 0.1) is 17.3 Å². The summed E-state index contributed by atoms with van der Waals surface area (Å²) in [6.45, 7) is 2.70. The monoisotopic (exact) mass is 502 g/mol. The van der Waals surface area contributed by atoms with Crippen LogP contribution in [0.1, 0.15) is 62.5 Å². The van der Waals surface area contributed by atoms with Crippen molar-refractivity contribution in [3.05, 3.63) is 132 Å². The van der Waals surface area contributed by atoms with Crippen molar-refractivity contribution in [3.63, 3.8) is 0 Å². The van der Waals surface area contributed by atoms with E-state index in [-0.39, 0.29) is 0 Å². The molecule has 0 aliphatic heterocycles. The lowest BCUT2D eigenvalue weighted by molar-refractivity contribution is 0.142. The van der Waals surface area contributed by atoms with Crippen LogP contribution >= 0.6 is 7.92 Å². The van der Waals surface area contributed by atoms with Crippen LogP contribution in [0.5, 0.6) is 0 Å². The molecule has 0 saturated heterocycles. The van der Waals surface area contributed by atoms with E-state index in [1.54, 1.807) is 10.6 Å². The summed E-state index contributed by atoms with van der Waals surface area (Å²) in [4.78, 5) is 0. The van der Waals surface area contributed by atoms with Gasteiger partial charge in [-0.15, -0.1) is 0 Å². The number of rotatable bonds is 7. The molecule has 1 unspecified atom stereocenters. The molecule has 4 atom stereocenters. The topological polar surface area (TPSA) is 0 Å². The molecule has 6 rings (SSSR count). The van der Waals surface area contributed by atoms with E-state index in [0.717, 1.165) is 11.6 Å². The van der Waals surface area contributed by atoms with E-state index in [2.05, 4.69) is 128 Å². The summed E-state index contributed by atoms with van der Waals surface area (Å²) in [7, 11) is -0.403. The molecule has 0 bridgehead atoms. The third-order valence-electron chi connectivity index (χ3n) is 9.50. The van der Waals surface area contributed by atoms with Crippen LogP contribution in [-0.2, 0) is 0 Å². The second-order valence-corrected chi connectivity index (χ2v) is 13.9. The van der Waals surface area contributed by atoms with Crippen molar-refractivity contribution >= 4 is 18.5 Å². The van der Waals surface area contributed by atoms with Gasteiger partial charge >= 0.3 is 0 Å². The second kappa shape index (κ2) is 11.0. The molecule has 0 N–H and O–H groups in total. The molecular formula is C36H39P. The largest absolute Gasteiger partial charge is 0.0622 e. The SMILES string of the molecule is C[C@]1([C@H]2CCCC2C(c2ccccc2)c2ccccc2)CCC[C@H]1P(c1ccccc1)c1ccccc1. The molecule has 2 fully saturated rings. The van der Waals surface area contributed by atoms with E-state index in [1.807, 2.05) is 0 Å². The molecule has 4 aromatic rings. The Hall–Kier alpha value is -2.69. The minimum atomic E-state index is -0.403. The Morgan fingerprint density at radius 1 is 0.595 bits per heavy atom. The fourth-order valence-corrected chi connectivity index (χ4v) is 11.3. The van der Waals surface area contributed by atoms with E-state index in [4.69, 9.17) is 0 Å². The molecule has 37 heavy (non-hydrogen) atoms. The molecule has 0 aromatic heterocycles. The predicted octanol–water partition coefficient (Wildman–Crippen LogP) is 8.93. The van der Waals surface area contributed by atoms with Gasteiger partial charge in [-0.3, -0.25) is 0 Å². The van der Waals surface area contributed by atoms with Gasteiger partial charge in [0, 0.05) is 5.92 Å². The average molecular weight is 503 g/mol. The van der Waals surface area contributed by atoms with Crippen LogP contribution in [0.3, 0.4) is 0 Å². The minimum absolute atomic E-state index is 0.361. The van der Waals surface area contributed by atoms with Gasteiger partial charge in [0.1, 0.15) is 0 Å². The van der Waals surface area contributed by atoms with E-state index in [0.29, 0.717) is 17.3 Å². The van der Waals surface area contributed by atoms with E-state index < -0.39 is 7.92 Å². The molecule has 0 amide bonds. The lowest BCUT2D eigenvalue weighted by atomic mass is 9.65. The van der Waals surface area contributed by atoms with Gasteiger partial charge in [0.05, 0.1) is 0 Å². The Bertz CT molecular complexity index is 1170. The van der Waals surface area contributed by atoms with Gasteiger partial charge < -0.3 is 0 Å². The third-order valence-corrected chi connectivity index (χ3v) is 12.7. The predicted molar refractivity (Wildman–Crippen MR) is 160 cm³/mol. The highest BCUT2D eigenvalue weighted by Crippen LogP contribution is 2.64. The quantitative estimate of drug-likeness (QED) is 0.221. The number of hydrogen-bond donors (Lipinski definition) is 0. The Kier molecular flexibility index (Phi) is 7.30. The van der Waals surface area contributed by atoms with Crippen molar-refractivity contribution in [1.29, 1.82) is 0 Å². The maximum atomic E-state index is 2.70. The highest BCUT2D eigenvalue weighted by atomic mass is 31.1. The molecule has 0 heterocycles. The summed E-state index contributed by atoms with van der Waals surface area (Å²) >= 11 is 0. The van der Waals surface area contributed by atoms with E-state index >= 15 is 0 Å². The van der Waals surface area contributed by atoms with Crippen LogP contribution in [0.2, 0.25) is 0 Å². The standard InChI is InChI=1S/C36H39P/c1-36(27-15-26-34(36)37(30-20-10-4-11-21-30)31-22-12-5-13-23-31)33-25-14-24-32(33)35(28-16-6-2-7-17-28)29-18-8-3-9-19-29/h2-13,16-23,32-35H,14-15,24-27H2,1H3/t32?,33-,34+,36+/m0/s1. The first-order valence-electron chi connectivity index (χ1n) is 14.2. The van der Waals surface area contributed by atoms with Crippen molar-refractivity contribution in [1.82, 2.24) is 0 Å². The van der Waals surface area contributed by atoms with Crippen molar-refractivity contribution in [2.75, 3.05) is 0 Å². The van der Waals surface area contributed by atoms with Crippen LogP contribution in [0.4, 0.5) is 0 Å². The Balaban J connectivity index is 1.42. The molecule has 0 radical (unpaired) electrons. The van der Waals surface area contributed by atoms with Crippen LogP contribution in [-0.4, -0.2) is 5.66 Å². The summed E-state index contributed by atoms with van der Waals surface area (Å²) in [5.74, 6) is 1.93. The summed E-state index contributed by atoms with van der Waals surface area (Å²) in [5, 5.41) is 3.11. The molecule has 0 spiro atoms. The second-order valence-electron chi connectivity index (χ2n) is 11.5. The van der Waals surface area contributed by atoms with E-state index in [9.17, 15) is 0 Å². The zero-order valence-electron chi connectivity index (χ0n) is 22.0. The van der Waals surface area contributed by atoms with Crippen molar-refractivity contribution in [2.24, 2.45) is 17.3 Å². The Morgan fingerprint density at radius 3 is 1.59 bits per heavy atom. The molecule has 188 valence electrons.